The van der Waals surface area contributed by atoms with Crippen LogP contribution in [-0.4, -0.2) is 27.8 Å². The molecule has 0 saturated heterocycles. The normalized spacial score (nSPS) is 11.0. The smallest absolute Gasteiger partial charge is 0.251 e. The monoisotopic (exact) mass is 336 g/mol. The summed E-state index contributed by atoms with van der Waals surface area (Å²) in [6.45, 7) is 6.55. The van der Waals surface area contributed by atoms with Crippen LogP contribution in [0.4, 0.5) is 0 Å². The Hall–Kier alpha value is -1.85. The van der Waals surface area contributed by atoms with E-state index in [1.165, 1.54) is 0 Å². The lowest BCUT2D eigenvalue weighted by Crippen LogP contribution is -2.49. The molecule has 126 valence electrons. The molecule has 0 spiro atoms. The second kappa shape index (κ2) is 8.13. The molecule has 0 radical (unpaired) electrons. The van der Waals surface area contributed by atoms with E-state index < -0.39 is 0 Å². The van der Waals surface area contributed by atoms with E-state index in [0.717, 1.165) is 24.1 Å². The molecule has 2 rings (SSSR count). The van der Waals surface area contributed by atoms with E-state index in [1.807, 2.05) is 39.1 Å². The predicted molar refractivity (Wildman–Crippen MR) is 95.4 cm³/mol. The summed E-state index contributed by atoms with van der Waals surface area (Å²) in [5.41, 5.74) is 8.52. The van der Waals surface area contributed by atoms with Gasteiger partial charge in [0, 0.05) is 23.8 Å². The number of nitrogens with one attached hydrogen (secondary N) is 1. The highest BCUT2D eigenvalue weighted by Crippen LogP contribution is 2.12. The summed E-state index contributed by atoms with van der Waals surface area (Å²) >= 11 is 0. The van der Waals surface area contributed by atoms with E-state index in [0.29, 0.717) is 12.1 Å². The van der Waals surface area contributed by atoms with Gasteiger partial charge in [0.15, 0.2) is 0 Å². The van der Waals surface area contributed by atoms with Crippen LogP contribution >= 0.6 is 12.4 Å². The Bertz CT molecular complexity index is 632. The fourth-order valence-electron chi connectivity index (χ4n) is 2.18. The van der Waals surface area contributed by atoms with E-state index >= 15 is 0 Å². The van der Waals surface area contributed by atoms with Gasteiger partial charge in [0.2, 0.25) is 0 Å². The Morgan fingerprint density at radius 2 is 1.87 bits per heavy atom. The molecule has 3 N–H and O–H groups in total. The molecule has 0 aliphatic rings. The van der Waals surface area contributed by atoms with Crippen molar-refractivity contribution in [2.45, 2.75) is 39.2 Å². The summed E-state index contributed by atoms with van der Waals surface area (Å²) in [5.74, 6) is -0.0973. The largest absolute Gasteiger partial charge is 0.350 e. The fraction of sp³-hybridized carbons (Fsp3) is 0.412. The number of amides is 1. The lowest BCUT2D eigenvalue weighted by molar-refractivity contribution is 0.0942. The van der Waals surface area contributed by atoms with Crippen LogP contribution in [0.15, 0.2) is 36.7 Å². The Morgan fingerprint density at radius 3 is 2.35 bits per heavy atom. The van der Waals surface area contributed by atoms with Crippen LogP contribution in [0.1, 0.15) is 42.6 Å². The number of aryl methyl sites for hydroxylation is 1. The van der Waals surface area contributed by atoms with Crippen LogP contribution in [0.3, 0.4) is 0 Å². The van der Waals surface area contributed by atoms with Crippen molar-refractivity contribution in [2.75, 3.05) is 6.54 Å². The van der Waals surface area contributed by atoms with E-state index in [-0.39, 0.29) is 23.9 Å². The minimum atomic E-state index is -0.331. The molecule has 0 atom stereocenters. The maximum Gasteiger partial charge on any atom is 0.251 e. The molecule has 1 aromatic heterocycles. The molecular formula is C17H25ClN4O. The zero-order chi connectivity index (χ0) is 16.2. The maximum atomic E-state index is 12.2. The molecule has 0 bridgehead atoms. The highest BCUT2D eigenvalue weighted by molar-refractivity contribution is 5.94. The van der Waals surface area contributed by atoms with Gasteiger partial charge in [0.25, 0.3) is 5.91 Å². The minimum Gasteiger partial charge on any atom is -0.350 e. The van der Waals surface area contributed by atoms with Crippen molar-refractivity contribution >= 4 is 18.3 Å². The summed E-state index contributed by atoms with van der Waals surface area (Å²) in [6, 6.07) is 7.38. The average Bonchev–Trinajstić information content (AvgIpc) is 2.99. The van der Waals surface area contributed by atoms with Gasteiger partial charge in [-0.15, -0.1) is 12.4 Å². The summed E-state index contributed by atoms with van der Waals surface area (Å²) in [6.07, 6.45) is 5.42. The van der Waals surface area contributed by atoms with Gasteiger partial charge >= 0.3 is 0 Å². The molecule has 5 nitrogen and oxygen atoms in total. The van der Waals surface area contributed by atoms with Gasteiger partial charge in [0.05, 0.1) is 11.9 Å². The summed E-state index contributed by atoms with van der Waals surface area (Å²) in [7, 11) is 0. The molecule has 6 heteroatoms. The highest BCUT2D eigenvalue weighted by Gasteiger charge is 2.21. The van der Waals surface area contributed by atoms with Gasteiger partial charge in [-0.3, -0.25) is 4.79 Å². The fourth-order valence-corrected chi connectivity index (χ4v) is 2.18. The Morgan fingerprint density at radius 1 is 1.26 bits per heavy atom. The lowest BCUT2D eigenvalue weighted by Gasteiger charge is -2.26. The SMILES string of the molecule is CCC(N)(CC)CNC(=O)c1ccc(-n2cc(C)cn2)cc1.Cl. The van der Waals surface area contributed by atoms with Crippen LogP contribution < -0.4 is 11.1 Å². The van der Waals surface area contributed by atoms with Gasteiger partial charge < -0.3 is 11.1 Å². The summed E-state index contributed by atoms with van der Waals surface area (Å²) < 4.78 is 1.79. The van der Waals surface area contributed by atoms with Crippen molar-refractivity contribution in [1.82, 2.24) is 15.1 Å². The molecule has 1 heterocycles. The van der Waals surface area contributed by atoms with Crippen molar-refractivity contribution in [3.63, 3.8) is 0 Å². The van der Waals surface area contributed by atoms with E-state index in [4.69, 9.17) is 5.73 Å². The zero-order valence-corrected chi connectivity index (χ0v) is 14.7. The summed E-state index contributed by atoms with van der Waals surface area (Å²) in [4.78, 5) is 12.2. The number of carbonyl (C=O) groups is 1. The molecule has 0 saturated carbocycles. The molecule has 2 aromatic rings. The maximum absolute atomic E-state index is 12.2. The molecule has 23 heavy (non-hydrogen) atoms. The number of hydrogen-bond acceptors (Lipinski definition) is 3. The lowest BCUT2D eigenvalue weighted by atomic mass is 9.94. The molecule has 0 aliphatic heterocycles. The Balaban J connectivity index is 0.00000264. The first kappa shape index (κ1) is 19.2. The van der Waals surface area contributed by atoms with Crippen molar-refractivity contribution in [2.24, 2.45) is 5.73 Å². The second-order valence-electron chi connectivity index (χ2n) is 5.76. The Labute approximate surface area is 143 Å². The number of halogens is 1. The van der Waals surface area contributed by atoms with Gasteiger partial charge in [-0.25, -0.2) is 4.68 Å². The van der Waals surface area contributed by atoms with Crippen LogP contribution in [0.25, 0.3) is 5.69 Å². The second-order valence-corrected chi connectivity index (χ2v) is 5.76. The zero-order valence-electron chi connectivity index (χ0n) is 13.9. The van der Waals surface area contributed by atoms with E-state index in [2.05, 4.69) is 10.4 Å². The molecule has 1 amide bonds. The number of hydrogen-bond donors (Lipinski definition) is 2. The minimum absolute atomic E-state index is 0. The van der Waals surface area contributed by atoms with Crippen molar-refractivity contribution in [3.8, 4) is 5.69 Å². The van der Waals surface area contributed by atoms with Crippen LogP contribution in [-0.2, 0) is 0 Å². The molecule has 1 aromatic carbocycles. The highest BCUT2D eigenvalue weighted by atomic mass is 35.5. The first-order valence-electron chi connectivity index (χ1n) is 7.66. The van der Waals surface area contributed by atoms with Gasteiger partial charge in [-0.2, -0.15) is 5.10 Å². The number of rotatable bonds is 6. The third kappa shape index (κ3) is 4.81. The predicted octanol–water partition coefficient (Wildman–Crippen LogP) is 2.85. The summed E-state index contributed by atoms with van der Waals surface area (Å²) in [5, 5.41) is 7.17. The number of benzene rings is 1. The Kier molecular flexibility index (Phi) is 6.79. The van der Waals surface area contributed by atoms with Crippen LogP contribution in [0.5, 0.6) is 0 Å². The topological polar surface area (TPSA) is 72.9 Å². The number of aromatic nitrogens is 2. The third-order valence-corrected chi connectivity index (χ3v) is 4.11. The first-order chi connectivity index (χ1) is 10.5. The van der Waals surface area contributed by atoms with E-state index in [9.17, 15) is 4.79 Å². The molecule has 0 aliphatic carbocycles. The van der Waals surface area contributed by atoms with Crippen LogP contribution in [0.2, 0.25) is 0 Å². The number of nitrogens with zero attached hydrogens (tertiary/aromatic N) is 2. The van der Waals surface area contributed by atoms with Crippen LogP contribution in [0, 0.1) is 6.92 Å². The van der Waals surface area contributed by atoms with Crippen molar-refractivity contribution in [1.29, 1.82) is 0 Å². The third-order valence-electron chi connectivity index (χ3n) is 4.11. The van der Waals surface area contributed by atoms with Crippen molar-refractivity contribution < 1.29 is 4.79 Å². The molecular weight excluding hydrogens is 312 g/mol. The molecule has 0 unspecified atom stereocenters. The molecule has 0 fully saturated rings. The standard InChI is InChI=1S/C17H24N4O.ClH/c1-4-17(18,5-2)12-19-16(22)14-6-8-15(9-7-14)21-11-13(3)10-20-21;/h6-11H,4-5,12,18H2,1-3H3,(H,19,22);1H. The van der Waals surface area contributed by atoms with E-state index in [1.54, 1.807) is 23.0 Å². The quantitative estimate of drug-likeness (QED) is 0.852. The first-order valence-corrected chi connectivity index (χ1v) is 7.66. The van der Waals surface area contributed by atoms with Gasteiger partial charge in [-0.05, 0) is 49.6 Å². The average molecular weight is 337 g/mol. The number of carbonyl (C=O) groups excluding carboxylic acids is 1. The van der Waals surface area contributed by atoms with Crippen molar-refractivity contribution in [3.05, 3.63) is 47.8 Å². The van der Waals surface area contributed by atoms with Gasteiger partial charge in [0.1, 0.15) is 0 Å². The number of nitrogens with two attached hydrogens (primary N) is 1. The van der Waals surface area contributed by atoms with Gasteiger partial charge in [-0.1, -0.05) is 13.8 Å².